The Hall–Kier alpha value is -6.66. The van der Waals surface area contributed by atoms with Crippen LogP contribution in [0.3, 0.4) is 0 Å². The van der Waals surface area contributed by atoms with Crippen LogP contribution in [0.2, 0.25) is 0 Å². The van der Waals surface area contributed by atoms with Gasteiger partial charge in [0.1, 0.15) is 0 Å². The van der Waals surface area contributed by atoms with E-state index in [9.17, 15) is 0 Å². The molecule has 2 aliphatic heterocycles. The highest BCUT2D eigenvalue weighted by Gasteiger charge is 2.51. The molecule has 2 heterocycles. The van der Waals surface area contributed by atoms with E-state index in [1.54, 1.807) is 0 Å². The summed E-state index contributed by atoms with van der Waals surface area (Å²) in [6.07, 6.45) is 0. The summed E-state index contributed by atoms with van der Waals surface area (Å²) < 4.78 is 5.52. The summed E-state index contributed by atoms with van der Waals surface area (Å²) in [5.41, 5.74) is 8.93. The van der Waals surface area contributed by atoms with Crippen molar-refractivity contribution in [2.75, 3.05) is 8.61 Å². The zero-order valence-corrected chi connectivity index (χ0v) is 34.1. The molecule has 0 aliphatic carbocycles. The Balaban J connectivity index is 1.31. The van der Waals surface area contributed by atoms with Crippen molar-refractivity contribution in [3.63, 3.8) is 0 Å². The molecule has 9 aromatic carbocycles. The summed E-state index contributed by atoms with van der Waals surface area (Å²) in [4.78, 5) is 7.72. The Labute approximate surface area is 351 Å². The van der Waals surface area contributed by atoms with Crippen molar-refractivity contribution in [1.82, 2.24) is 0 Å². The van der Waals surface area contributed by atoms with Gasteiger partial charge in [0.2, 0.25) is 0 Å². The summed E-state index contributed by atoms with van der Waals surface area (Å²) in [5.74, 6) is 0. The Morgan fingerprint density at radius 1 is 0.237 bits per heavy atom. The maximum absolute atomic E-state index is 2.76. The van der Waals surface area contributed by atoms with Gasteiger partial charge in [-0.05, 0) is 113 Å². The van der Waals surface area contributed by atoms with Crippen molar-refractivity contribution < 1.29 is 0 Å². The predicted molar refractivity (Wildman–Crippen MR) is 252 cm³/mol. The molecule has 0 aromatic heterocycles. The van der Waals surface area contributed by atoms with Crippen LogP contribution in [-0.2, 0) is 0 Å². The summed E-state index contributed by atoms with van der Waals surface area (Å²) in [5, 5.41) is 0. The van der Waals surface area contributed by atoms with E-state index in [0.717, 1.165) is 0 Å². The fourth-order valence-electron chi connectivity index (χ4n) is 9.51. The van der Waals surface area contributed by atoms with Crippen LogP contribution in [0.5, 0.6) is 0 Å². The molecule has 9 aromatic rings. The minimum absolute atomic E-state index is 0.0138. The molecule has 0 radical (unpaired) electrons. The van der Waals surface area contributed by atoms with E-state index in [1.165, 1.54) is 68.5 Å². The molecule has 11 rings (SSSR count). The monoisotopic (exact) mass is 792 g/mol. The molecule has 0 saturated carbocycles. The molecule has 2 nitrogen and oxygen atoms in total. The fraction of sp³-hybridized carbons (Fsp3) is 0. The van der Waals surface area contributed by atoms with Crippen LogP contribution in [0, 0.1) is 0 Å². The van der Waals surface area contributed by atoms with E-state index in [-0.39, 0.29) is 6.71 Å². The molecule has 2 aliphatic rings. The lowest BCUT2D eigenvalue weighted by atomic mass is 9.34. The van der Waals surface area contributed by atoms with Crippen LogP contribution < -0.4 is 25.0 Å². The first-order chi connectivity index (χ1) is 29.3. The van der Waals surface area contributed by atoms with Crippen molar-refractivity contribution in [3.8, 4) is 0 Å². The van der Waals surface area contributed by atoms with Gasteiger partial charge in [-0.15, -0.1) is 0 Å². The minimum atomic E-state index is -2.15. The lowest BCUT2D eigenvalue weighted by Crippen LogP contribution is -2.62. The number of para-hydroxylation sites is 2. The molecule has 0 bridgehead atoms. The molecule has 0 N–H and O–H groups in total. The Morgan fingerprint density at radius 3 is 0.763 bits per heavy atom. The third-order valence-electron chi connectivity index (χ3n) is 11.8. The molecular formula is C54H41BN2S2. The van der Waals surface area contributed by atoms with Crippen molar-refractivity contribution >= 4 is 66.3 Å². The molecule has 0 amide bonds. The fourth-order valence-corrected chi connectivity index (χ4v) is 17.5. The number of anilines is 4. The van der Waals surface area contributed by atoms with E-state index >= 15 is 0 Å². The standard InChI is InChI=1S/C54H41BN2S2/c1-7-24-42(25-8-1)58(43-26-9-2-10-27-43,44-28-11-3-12-29-44)56-50-38-21-19-36-48(50)55-49-37-20-22-39-51(49)57(53-41-23-40-52(56)54(53)55)59(45-30-13-4-14-31-45,46-32-15-5-16-33-46)47-34-17-6-18-35-47/h1-41H. The first-order valence-corrected chi connectivity index (χ1v) is 23.4. The van der Waals surface area contributed by atoms with Crippen LogP contribution in [0.25, 0.3) is 0 Å². The largest absolute Gasteiger partial charge is 0.292 e. The summed E-state index contributed by atoms with van der Waals surface area (Å²) in [7, 11) is -4.30. The van der Waals surface area contributed by atoms with Crippen LogP contribution in [-0.4, -0.2) is 6.71 Å². The third-order valence-corrected chi connectivity index (χ3v) is 19.4. The highest BCUT2D eigenvalue weighted by atomic mass is 32.3. The molecule has 0 unspecified atom stereocenters. The first kappa shape index (κ1) is 35.5. The number of hydrogen-bond acceptors (Lipinski definition) is 2. The average molecular weight is 793 g/mol. The lowest BCUT2D eigenvalue weighted by molar-refractivity contribution is 1.22. The van der Waals surface area contributed by atoms with Gasteiger partial charge in [0, 0.05) is 52.1 Å². The zero-order chi connectivity index (χ0) is 39.2. The third kappa shape index (κ3) is 5.32. The first-order valence-electron chi connectivity index (χ1n) is 20.2. The number of nitrogens with zero attached hydrogens (tertiary/aromatic N) is 2. The molecule has 0 saturated heterocycles. The topological polar surface area (TPSA) is 6.48 Å². The van der Waals surface area contributed by atoms with E-state index in [1.807, 2.05) is 0 Å². The predicted octanol–water partition coefficient (Wildman–Crippen LogP) is 12.9. The molecule has 59 heavy (non-hydrogen) atoms. The lowest BCUT2D eigenvalue weighted by Gasteiger charge is -2.57. The maximum Gasteiger partial charge on any atom is 0.252 e. The second kappa shape index (κ2) is 14.6. The van der Waals surface area contributed by atoms with Gasteiger partial charge >= 0.3 is 0 Å². The van der Waals surface area contributed by atoms with E-state index in [0.29, 0.717) is 0 Å². The van der Waals surface area contributed by atoms with Crippen molar-refractivity contribution in [2.45, 2.75) is 29.4 Å². The normalized spacial score (nSPS) is 13.5. The second-order valence-corrected chi connectivity index (χ2v) is 20.8. The van der Waals surface area contributed by atoms with E-state index in [4.69, 9.17) is 0 Å². The van der Waals surface area contributed by atoms with Crippen molar-refractivity contribution in [1.29, 1.82) is 0 Å². The van der Waals surface area contributed by atoms with Crippen LogP contribution in [0.15, 0.2) is 278 Å². The highest BCUT2D eigenvalue weighted by molar-refractivity contribution is 8.35. The van der Waals surface area contributed by atoms with Gasteiger partial charge in [0.15, 0.2) is 0 Å². The smallest absolute Gasteiger partial charge is 0.252 e. The van der Waals surface area contributed by atoms with Crippen molar-refractivity contribution in [3.05, 3.63) is 249 Å². The second-order valence-electron chi connectivity index (χ2n) is 14.9. The van der Waals surface area contributed by atoms with Gasteiger partial charge in [-0.25, -0.2) is 0 Å². The van der Waals surface area contributed by atoms with Crippen LogP contribution in [0.1, 0.15) is 0 Å². The van der Waals surface area contributed by atoms with Gasteiger partial charge in [-0.3, -0.25) is 8.61 Å². The Bertz CT molecular complexity index is 2510. The SMILES string of the molecule is c1ccc(S(c2ccccc2)(c2ccccc2)N2c3ccccc3B3c4ccccc4N(S(c4ccccc4)(c4ccccc4)c4ccccc4)c4cccc2c43)cc1. The quantitative estimate of drug-likeness (QED) is 0.141. The Kier molecular flexibility index (Phi) is 8.80. The summed E-state index contributed by atoms with van der Waals surface area (Å²) in [6.45, 7) is 0.0138. The van der Waals surface area contributed by atoms with E-state index < -0.39 is 20.4 Å². The summed E-state index contributed by atoms with van der Waals surface area (Å²) >= 11 is 0. The molecule has 5 heteroatoms. The van der Waals surface area contributed by atoms with Gasteiger partial charge < -0.3 is 0 Å². The van der Waals surface area contributed by atoms with Crippen molar-refractivity contribution in [2.24, 2.45) is 0 Å². The van der Waals surface area contributed by atoms with Gasteiger partial charge in [0.05, 0.1) is 0 Å². The number of rotatable bonds is 8. The van der Waals surface area contributed by atoms with Gasteiger partial charge in [-0.2, -0.15) is 0 Å². The van der Waals surface area contributed by atoms with Gasteiger partial charge in [0.25, 0.3) is 6.71 Å². The number of fused-ring (bicyclic) bond motifs is 4. The highest BCUT2D eigenvalue weighted by Crippen LogP contribution is 2.76. The number of benzene rings is 9. The minimum Gasteiger partial charge on any atom is -0.292 e. The summed E-state index contributed by atoms with van der Waals surface area (Å²) in [6, 6.07) is 93.0. The van der Waals surface area contributed by atoms with E-state index in [2.05, 4.69) is 257 Å². The molecule has 0 atom stereocenters. The zero-order valence-electron chi connectivity index (χ0n) is 32.5. The van der Waals surface area contributed by atoms with Crippen LogP contribution >= 0.6 is 20.4 Å². The van der Waals surface area contributed by atoms with Gasteiger partial charge in [-0.1, -0.05) is 172 Å². The van der Waals surface area contributed by atoms with Crippen LogP contribution in [0.4, 0.5) is 22.7 Å². The molecule has 282 valence electrons. The maximum atomic E-state index is 2.76. The number of hydrogen-bond donors (Lipinski definition) is 0. The average Bonchev–Trinajstić information content (AvgIpc) is 3.33. The Morgan fingerprint density at radius 2 is 0.475 bits per heavy atom. The molecule has 0 spiro atoms. The molecular weight excluding hydrogens is 752 g/mol. The molecule has 0 fully saturated rings.